The molecule has 5 rings (SSSR count). The van der Waals surface area contributed by atoms with Crippen LogP contribution in [0.4, 0.5) is 0 Å². The lowest BCUT2D eigenvalue weighted by molar-refractivity contribution is 0.0697. The molecule has 44 heavy (non-hydrogen) atoms. The number of carbonyl (C=O) groups is 1. The van der Waals surface area contributed by atoms with Crippen LogP contribution >= 0.6 is 34.8 Å². The molecule has 0 fully saturated rings. The van der Waals surface area contributed by atoms with E-state index in [1.807, 2.05) is 48.5 Å². The molecule has 11 heteroatoms. The van der Waals surface area contributed by atoms with Gasteiger partial charge in [0.1, 0.15) is 5.75 Å². The van der Waals surface area contributed by atoms with Crippen molar-refractivity contribution in [1.82, 2.24) is 9.29 Å². The van der Waals surface area contributed by atoms with Gasteiger partial charge in [-0.2, -0.15) is 0 Å². The normalized spacial score (nSPS) is 11.6. The second kappa shape index (κ2) is 14.1. The smallest absolute Gasteiger partial charge is 0.335 e. The van der Waals surface area contributed by atoms with Crippen molar-refractivity contribution < 1.29 is 23.1 Å². The molecule has 0 spiro atoms. The van der Waals surface area contributed by atoms with E-state index in [0.29, 0.717) is 52.4 Å². The molecule has 2 N–H and O–H groups in total. The van der Waals surface area contributed by atoms with Gasteiger partial charge < -0.3 is 14.4 Å². The number of nitrogens with one attached hydrogen (secondary N) is 1. The highest BCUT2D eigenvalue weighted by molar-refractivity contribution is 7.88. The molecule has 0 bridgehead atoms. The van der Waals surface area contributed by atoms with Crippen LogP contribution in [-0.2, 0) is 35.2 Å². The van der Waals surface area contributed by atoms with Gasteiger partial charge in [0, 0.05) is 47.6 Å². The van der Waals surface area contributed by atoms with Gasteiger partial charge in [-0.25, -0.2) is 17.9 Å². The van der Waals surface area contributed by atoms with E-state index in [0.717, 1.165) is 27.7 Å². The number of hydrogen-bond donors (Lipinski definition) is 2. The van der Waals surface area contributed by atoms with E-state index in [9.17, 15) is 18.3 Å². The Morgan fingerprint density at radius 1 is 0.841 bits per heavy atom. The highest BCUT2D eigenvalue weighted by atomic mass is 35.5. The molecule has 0 saturated carbocycles. The van der Waals surface area contributed by atoms with Gasteiger partial charge in [0.2, 0.25) is 10.0 Å². The van der Waals surface area contributed by atoms with Crippen molar-refractivity contribution in [3.63, 3.8) is 0 Å². The summed E-state index contributed by atoms with van der Waals surface area (Å²) >= 11 is 19.0. The predicted octanol–water partition coefficient (Wildman–Crippen LogP) is 7.63. The van der Waals surface area contributed by atoms with Gasteiger partial charge >= 0.3 is 5.97 Å². The number of fused-ring (bicyclic) bond motifs is 1. The first-order chi connectivity index (χ1) is 21.1. The van der Waals surface area contributed by atoms with Crippen LogP contribution in [-0.4, -0.2) is 37.2 Å². The van der Waals surface area contributed by atoms with E-state index in [1.165, 1.54) is 12.1 Å². The summed E-state index contributed by atoms with van der Waals surface area (Å²) in [6, 6.07) is 26.4. The number of nitrogens with zero attached hydrogens (tertiary/aromatic N) is 1. The molecular weight excluding hydrogens is 643 g/mol. The van der Waals surface area contributed by atoms with Crippen molar-refractivity contribution in [2.75, 3.05) is 13.2 Å². The van der Waals surface area contributed by atoms with Crippen molar-refractivity contribution in [2.24, 2.45) is 0 Å². The number of benzene rings is 4. The second-order valence-electron chi connectivity index (χ2n) is 10.2. The van der Waals surface area contributed by atoms with Crippen molar-refractivity contribution in [3.8, 4) is 5.75 Å². The average Bonchev–Trinajstić information content (AvgIpc) is 3.26. The summed E-state index contributed by atoms with van der Waals surface area (Å²) in [5.41, 5.74) is 4.65. The summed E-state index contributed by atoms with van der Waals surface area (Å²) in [6.07, 6.45) is 0.905. The quantitative estimate of drug-likeness (QED) is 0.134. The third kappa shape index (κ3) is 7.94. The Balaban J connectivity index is 1.45. The fraction of sp³-hybridized carbons (Fsp3) is 0.182. The van der Waals surface area contributed by atoms with Gasteiger partial charge in [0.15, 0.2) is 0 Å². The SMILES string of the molecule is O=C(O)c1ccc(OCCc2c(CCNS(=O)(=O)Cc3ccccc3)n(Cc3ccc(Cl)c(Cl)c3)c3ccc(Cl)cc23)cc1. The third-order valence-corrected chi connectivity index (χ3v) is 9.51. The van der Waals surface area contributed by atoms with Crippen LogP contribution in [0, 0.1) is 0 Å². The van der Waals surface area contributed by atoms with Crippen molar-refractivity contribution >= 4 is 61.7 Å². The molecule has 0 aliphatic heterocycles. The molecule has 0 radical (unpaired) electrons. The summed E-state index contributed by atoms with van der Waals surface area (Å²) in [4.78, 5) is 11.2. The van der Waals surface area contributed by atoms with E-state index < -0.39 is 16.0 Å². The molecule has 1 heterocycles. The van der Waals surface area contributed by atoms with Crippen LogP contribution in [0.2, 0.25) is 15.1 Å². The molecule has 4 aromatic carbocycles. The first-order valence-electron chi connectivity index (χ1n) is 13.8. The van der Waals surface area contributed by atoms with Crippen molar-refractivity contribution in [1.29, 1.82) is 0 Å². The third-order valence-electron chi connectivity index (χ3n) is 7.18. The van der Waals surface area contributed by atoms with Gasteiger partial charge in [-0.15, -0.1) is 0 Å². The maximum absolute atomic E-state index is 12.9. The average molecular weight is 672 g/mol. The fourth-order valence-corrected chi connectivity index (χ4v) is 6.79. The minimum atomic E-state index is -3.58. The number of aromatic nitrogens is 1. The number of carboxylic acid groups (broad SMARTS) is 1. The number of sulfonamides is 1. The Kier molecular flexibility index (Phi) is 10.2. The zero-order valence-electron chi connectivity index (χ0n) is 23.5. The van der Waals surface area contributed by atoms with Crippen LogP contribution in [0.15, 0.2) is 91.0 Å². The van der Waals surface area contributed by atoms with Crippen LogP contribution in [0.25, 0.3) is 10.9 Å². The Hall–Kier alpha value is -3.53. The van der Waals surface area contributed by atoms with Gasteiger partial charge in [-0.1, -0.05) is 71.2 Å². The highest BCUT2D eigenvalue weighted by Crippen LogP contribution is 2.32. The maximum Gasteiger partial charge on any atom is 0.335 e. The van der Waals surface area contributed by atoms with Crippen molar-refractivity contribution in [2.45, 2.75) is 25.1 Å². The van der Waals surface area contributed by atoms with E-state index in [1.54, 1.807) is 30.3 Å². The Labute approximate surface area is 271 Å². The predicted molar refractivity (Wildman–Crippen MR) is 176 cm³/mol. The topological polar surface area (TPSA) is 97.6 Å². The van der Waals surface area contributed by atoms with Crippen molar-refractivity contribution in [3.05, 3.63) is 134 Å². The summed E-state index contributed by atoms with van der Waals surface area (Å²) in [7, 11) is -3.58. The maximum atomic E-state index is 12.9. The van der Waals surface area contributed by atoms with E-state index in [2.05, 4.69) is 9.29 Å². The van der Waals surface area contributed by atoms with E-state index in [-0.39, 0.29) is 17.9 Å². The largest absolute Gasteiger partial charge is 0.493 e. The van der Waals surface area contributed by atoms with E-state index in [4.69, 9.17) is 39.5 Å². The molecule has 0 aliphatic carbocycles. The zero-order valence-corrected chi connectivity index (χ0v) is 26.6. The van der Waals surface area contributed by atoms with Crippen LogP contribution in [0.1, 0.15) is 32.7 Å². The Bertz CT molecular complexity index is 1890. The van der Waals surface area contributed by atoms with Crippen LogP contribution in [0.5, 0.6) is 5.75 Å². The number of rotatable bonds is 13. The van der Waals surface area contributed by atoms with Crippen LogP contribution < -0.4 is 9.46 Å². The number of carboxylic acids is 1. The van der Waals surface area contributed by atoms with Crippen LogP contribution in [0.3, 0.4) is 0 Å². The molecule has 0 saturated heterocycles. The minimum absolute atomic E-state index is 0.114. The molecule has 228 valence electrons. The number of hydrogen-bond acceptors (Lipinski definition) is 4. The Morgan fingerprint density at radius 3 is 2.30 bits per heavy atom. The summed E-state index contributed by atoms with van der Waals surface area (Å²) in [6.45, 7) is 0.960. The Morgan fingerprint density at radius 2 is 1.59 bits per heavy atom. The molecule has 0 amide bonds. The standard InChI is InChI=1S/C33H29Cl3N2O5S/c34-25-9-13-31-28(19-25)27(15-17-43-26-10-7-24(8-11-26)33(39)40)32(38(31)20-23-6-12-29(35)30(36)18-23)14-16-37-44(41,42)21-22-4-2-1-3-5-22/h1-13,18-19,37H,14-17,20-21H2,(H,39,40). The number of ether oxygens (including phenoxy) is 1. The molecule has 0 atom stereocenters. The number of aromatic carboxylic acids is 1. The molecule has 0 aliphatic rings. The van der Waals surface area contributed by atoms with Gasteiger partial charge in [-0.05, 0) is 71.3 Å². The highest BCUT2D eigenvalue weighted by Gasteiger charge is 2.20. The molecule has 0 unspecified atom stereocenters. The molecule has 1 aromatic heterocycles. The van der Waals surface area contributed by atoms with Gasteiger partial charge in [-0.3, -0.25) is 0 Å². The lowest BCUT2D eigenvalue weighted by Crippen LogP contribution is -2.28. The first-order valence-corrected chi connectivity index (χ1v) is 16.6. The van der Waals surface area contributed by atoms with Gasteiger partial charge in [0.25, 0.3) is 0 Å². The van der Waals surface area contributed by atoms with Gasteiger partial charge in [0.05, 0.1) is 28.0 Å². The first kappa shape index (κ1) is 31.9. The zero-order chi connectivity index (χ0) is 31.3. The molecule has 7 nitrogen and oxygen atoms in total. The fourth-order valence-electron chi connectivity index (χ4n) is 5.15. The number of halogens is 3. The second-order valence-corrected chi connectivity index (χ2v) is 13.3. The summed E-state index contributed by atoms with van der Waals surface area (Å²) in [5.74, 6) is -0.577. The molecular formula is C33H29Cl3N2O5S. The van der Waals surface area contributed by atoms with E-state index >= 15 is 0 Å². The lowest BCUT2D eigenvalue weighted by Gasteiger charge is -2.15. The summed E-state index contributed by atoms with van der Waals surface area (Å²) in [5, 5.41) is 11.6. The minimum Gasteiger partial charge on any atom is -0.493 e. The lowest BCUT2D eigenvalue weighted by atomic mass is 10.1. The summed E-state index contributed by atoms with van der Waals surface area (Å²) < 4.78 is 36.7. The molecule has 5 aromatic rings. The monoisotopic (exact) mass is 670 g/mol.